The van der Waals surface area contributed by atoms with Crippen LogP contribution in [0.3, 0.4) is 0 Å². The molecule has 34 heavy (non-hydrogen) atoms. The minimum atomic E-state index is -0.478. The molecule has 1 fully saturated rings. The minimum Gasteiger partial charge on any atom is -0.489 e. The molecule has 1 unspecified atom stereocenters. The van der Waals surface area contributed by atoms with E-state index in [2.05, 4.69) is 25.4 Å². The van der Waals surface area contributed by atoms with E-state index in [1.165, 1.54) is 35.3 Å². The number of rotatable bonds is 7. The van der Waals surface area contributed by atoms with E-state index >= 15 is 0 Å². The van der Waals surface area contributed by atoms with Gasteiger partial charge in [0.25, 0.3) is 0 Å². The van der Waals surface area contributed by atoms with Crippen molar-refractivity contribution in [3.8, 4) is 0 Å². The second-order valence-electron chi connectivity index (χ2n) is 10.8. The van der Waals surface area contributed by atoms with Gasteiger partial charge in [-0.05, 0) is 94.1 Å². The molecule has 0 bridgehead atoms. The zero-order valence-electron chi connectivity index (χ0n) is 22.3. The Hall–Kier alpha value is -1.69. The molecule has 1 amide bonds. The Labute approximate surface area is 211 Å². The molecule has 2 aliphatic carbocycles. The summed E-state index contributed by atoms with van der Waals surface area (Å²) in [6, 6.07) is 0.188. The van der Waals surface area contributed by atoms with Gasteiger partial charge in [-0.1, -0.05) is 38.6 Å². The predicted molar refractivity (Wildman–Crippen MR) is 143 cm³/mol. The Morgan fingerprint density at radius 3 is 2.41 bits per heavy atom. The lowest BCUT2D eigenvalue weighted by atomic mass is 9.89. The highest BCUT2D eigenvalue weighted by Gasteiger charge is 2.39. The molecule has 1 aliphatic heterocycles. The predicted octanol–water partition coefficient (Wildman–Crippen LogP) is 7.64. The Bertz CT molecular complexity index is 873. The first-order valence-electron chi connectivity index (χ1n) is 13.0. The van der Waals surface area contributed by atoms with Gasteiger partial charge in [-0.3, -0.25) is 4.99 Å². The van der Waals surface area contributed by atoms with Crippen molar-refractivity contribution >= 4 is 22.9 Å². The summed E-state index contributed by atoms with van der Waals surface area (Å²) in [4.78, 5) is 20.4. The average molecular weight is 489 g/mol. The highest BCUT2D eigenvalue weighted by molar-refractivity contribution is 8.18. The molecule has 0 radical (unpaired) electrons. The smallest absolute Gasteiger partial charge is 0.410 e. The molecule has 6 heteroatoms. The zero-order valence-corrected chi connectivity index (χ0v) is 23.1. The molecule has 0 aromatic rings. The maximum Gasteiger partial charge on any atom is 0.410 e. The van der Waals surface area contributed by atoms with Crippen molar-refractivity contribution in [3.63, 3.8) is 0 Å². The molecule has 0 N–H and O–H groups in total. The van der Waals surface area contributed by atoms with Crippen LogP contribution in [0.4, 0.5) is 4.79 Å². The normalized spacial score (nSPS) is 27.6. The van der Waals surface area contributed by atoms with Crippen molar-refractivity contribution in [2.24, 2.45) is 10.9 Å². The van der Waals surface area contributed by atoms with E-state index in [0.29, 0.717) is 5.92 Å². The van der Waals surface area contributed by atoms with E-state index in [1.807, 2.05) is 46.6 Å². The summed E-state index contributed by atoms with van der Waals surface area (Å²) in [5.41, 5.74) is 3.28. The summed E-state index contributed by atoms with van der Waals surface area (Å²) < 4.78 is 12.3. The van der Waals surface area contributed by atoms with Crippen LogP contribution in [-0.2, 0) is 9.47 Å². The largest absolute Gasteiger partial charge is 0.489 e. The molecule has 1 atom stereocenters. The number of allylic oxidation sites excluding steroid dienone is 3. The zero-order chi connectivity index (χ0) is 25.0. The third-order valence-corrected chi connectivity index (χ3v) is 8.35. The fraction of sp³-hybridized carbons (Fsp3) is 0.714. The van der Waals surface area contributed by atoms with E-state index in [-0.39, 0.29) is 18.2 Å². The van der Waals surface area contributed by atoms with Gasteiger partial charge in [-0.25, -0.2) is 4.79 Å². The van der Waals surface area contributed by atoms with Crippen LogP contribution in [0.2, 0.25) is 0 Å². The summed E-state index contributed by atoms with van der Waals surface area (Å²) in [6.07, 6.45) is 9.21. The number of thioether (sulfide) groups is 1. The number of hydrogen-bond donors (Lipinski definition) is 0. The van der Waals surface area contributed by atoms with Crippen molar-refractivity contribution in [1.82, 2.24) is 4.90 Å². The Morgan fingerprint density at radius 1 is 1.18 bits per heavy atom. The van der Waals surface area contributed by atoms with E-state index in [1.54, 1.807) is 4.90 Å². The lowest BCUT2D eigenvalue weighted by Crippen LogP contribution is -2.43. The molecule has 1 saturated carbocycles. The van der Waals surface area contributed by atoms with Crippen molar-refractivity contribution in [1.29, 1.82) is 0 Å². The van der Waals surface area contributed by atoms with E-state index < -0.39 is 5.60 Å². The van der Waals surface area contributed by atoms with Gasteiger partial charge in [0.05, 0.1) is 11.7 Å². The van der Waals surface area contributed by atoms with Gasteiger partial charge in [-0.15, -0.1) is 0 Å². The van der Waals surface area contributed by atoms with Crippen LogP contribution in [0.1, 0.15) is 92.4 Å². The Balaban J connectivity index is 1.76. The molecule has 0 saturated heterocycles. The molecular formula is C28H44N2O3S. The summed E-state index contributed by atoms with van der Waals surface area (Å²) in [6.45, 7) is 14.5. The van der Waals surface area contributed by atoms with Crippen LogP contribution in [0.5, 0.6) is 0 Å². The molecule has 0 aromatic heterocycles. The summed E-state index contributed by atoms with van der Waals surface area (Å²) in [5, 5.41) is 1.09. The summed E-state index contributed by atoms with van der Waals surface area (Å²) in [5.74, 6) is 1.57. The molecule has 0 aromatic carbocycles. The van der Waals surface area contributed by atoms with Crippen molar-refractivity contribution in [2.75, 3.05) is 14.1 Å². The quantitative estimate of drug-likeness (QED) is 0.346. The van der Waals surface area contributed by atoms with Crippen LogP contribution >= 0.6 is 11.8 Å². The third-order valence-electron chi connectivity index (χ3n) is 7.10. The summed E-state index contributed by atoms with van der Waals surface area (Å²) in [7, 11) is 3.75. The highest BCUT2D eigenvalue weighted by atomic mass is 32.2. The van der Waals surface area contributed by atoms with Gasteiger partial charge >= 0.3 is 6.09 Å². The first-order valence-corrected chi connectivity index (χ1v) is 13.8. The SMILES string of the molecule is C=C(CC)C(OC1CCC(N(C)C(=O)OC(C)(C)C)CC1)=C1C(=NC)SC2=C1C(CCC)CC2. The molecule has 3 rings (SSSR count). The lowest BCUT2D eigenvalue weighted by molar-refractivity contribution is 0.00894. The highest BCUT2D eigenvalue weighted by Crippen LogP contribution is 2.53. The van der Waals surface area contributed by atoms with Crippen molar-refractivity contribution < 1.29 is 14.3 Å². The second-order valence-corrected chi connectivity index (χ2v) is 11.9. The van der Waals surface area contributed by atoms with Crippen LogP contribution in [-0.4, -0.2) is 47.9 Å². The minimum absolute atomic E-state index is 0.132. The van der Waals surface area contributed by atoms with E-state index in [9.17, 15) is 4.79 Å². The molecular weight excluding hydrogens is 444 g/mol. The summed E-state index contributed by atoms with van der Waals surface area (Å²) >= 11 is 1.84. The average Bonchev–Trinajstić information content (AvgIpc) is 3.35. The number of aliphatic imine (C=N–C) groups is 1. The van der Waals surface area contributed by atoms with Gasteiger partial charge < -0.3 is 14.4 Å². The van der Waals surface area contributed by atoms with E-state index in [0.717, 1.165) is 54.9 Å². The van der Waals surface area contributed by atoms with Crippen LogP contribution in [0, 0.1) is 5.92 Å². The monoisotopic (exact) mass is 488 g/mol. The molecule has 5 nitrogen and oxygen atoms in total. The maximum absolute atomic E-state index is 12.5. The van der Waals surface area contributed by atoms with Gasteiger partial charge in [0.2, 0.25) is 0 Å². The maximum atomic E-state index is 12.5. The van der Waals surface area contributed by atoms with Crippen molar-refractivity contribution in [3.05, 3.63) is 34.0 Å². The lowest BCUT2D eigenvalue weighted by Gasteiger charge is -2.36. The molecule has 190 valence electrons. The Kier molecular flexibility index (Phi) is 8.99. The third kappa shape index (κ3) is 6.10. The van der Waals surface area contributed by atoms with Gasteiger partial charge in [0, 0.05) is 20.1 Å². The van der Waals surface area contributed by atoms with Crippen LogP contribution < -0.4 is 0 Å². The number of hydrogen-bond acceptors (Lipinski definition) is 5. The number of ether oxygens (including phenoxy) is 2. The van der Waals surface area contributed by atoms with E-state index in [4.69, 9.17) is 9.47 Å². The van der Waals surface area contributed by atoms with Gasteiger partial charge in [0.15, 0.2) is 0 Å². The number of amides is 1. The molecule has 0 spiro atoms. The fourth-order valence-corrected chi connectivity index (χ4v) is 6.47. The van der Waals surface area contributed by atoms with Crippen molar-refractivity contribution in [2.45, 2.75) is 110 Å². The topological polar surface area (TPSA) is 51.1 Å². The van der Waals surface area contributed by atoms with Crippen LogP contribution in [0.15, 0.2) is 39.0 Å². The standard InChI is InChI=1S/C28H44N2O3S/c1-9-11-19-12-17-22-23(19)24(26(29-7)34-22)25(18(3)10-2)32-21-15-13-20(14-16-21)30(8)27(31)33-28(4,5)6/h19-21H,3,9-17H2,1-2,4-8H3. The van der Waals surface area contributed by atoms with Gasteiger partial charge in [-0.2, -0.15) is 0 Å². The molecule has 1 heterocycles. The first-order chi connectivity index (χ1) is 16.1. The molecule has 3 aliphatic rings. The first kappa shape index (κ1) is 26.9. The number of carbonyl (C=O) groups excluding carboxylic acids is 1. The van der Waals surface area contributed by atoms with Gasteiger partial charge in [0.1, 0.15) is 16.4 Å². The fourth-order valence-electron chi connectivity index (χ4n) is 5.24. The number of nitrogens with zero attached hydrogens (tertiary/aromatic N) is 2. The Morgan fingerprint density at radius 2 is 1.85 bits per heavy atom. The van der Waals surface area contributed by atoms with Crippen LogP contribution in [0.25, 0.3) is 0 Å². The second kappa shape index (κ2) is 11.4. The number of carbonyl (C=O) groups is 1.